The van der Waals surface area contributed by atoms with Crippen molar-refractivity contribution in [3.05, 3.63) is 23.5 Å². The molecule has 8 heteroatoms. The molecule has 1 aliphatic heterocycles. The maximum Gasteiger partial charge on any atom is 0.311 e. The SMILES string of the molecule is O=C(O)C1(Cc2cn3ccsc3n2)CCS(=O)(=O)C1. The zero-order valence-corrected chi connectivity index (χ0v) is 11.6. The van der Waals surface area contributed by atoms with Gasteiger partial charge in [0.2, 0.25) is 0 Å². The number of carbonyl (C=O) groups is 1. The minimum Gasteiger partial charge on any atom is -0.481 e. The molecule has 0 amide bonds. The second-order valence-corrected chi connectivity index (χ2v) is 7.99. The van der Waals surface area contributed by atoms with Crippen LogP contribution in [0.15, 0.2) is 17.8 Å². The lowest BCUT2D eigenvalue weighted by molar-refractivity contribution is -0.147. The highest BCUT2D eigenvalue weighted by Crippen LogP contribution is 2.36. The number of aliphatic carboxylic acids is 1. The third-order valence-electron chi connectivity index (χ3n) is 3.50. The summed E-state index contributed by atoms with van der Waals surface area (Å²) in [4.78, 5) is 16.6. The van der Waals surface area contributed by atoms with Crippen LogP contribution in [-0.4, -0.2) is 40.4 Å². The fraction of sp³-hybridized carbons (Fsp3) is 0.455. The first-order valence-corrected chi connectivity index (χ1v) is 8.45. The van der Waals surface area contributed by atoms with Crippen LogP contribution in [-0.2, 0) is 21.1 Å². The number of aromatic nitrogens is 2. The number of carboxylic acid groups (broad SMARTS) is 1. The van der Waals surface area contributed by atoms with E-state index in [9.17, 15) is 18.3 Å². The molecule has 0 aliphatic carbocycles. The summed E-state index contributed by atoms with van der Waals surface area (Å²) in [5.41, 5.74) is -0.589. The zero-order valence-electron chi connectivity index (χ0n) is 9.94. The predicted molar refractivity (Wildman–Crippen MR) is 70.1 cm³/mol. The Morgan fingerprint density at radius 2 is 2.37 bits per heavy atom. The van der Waals surface area contributed by atoms with Gasteiger partial charge in [-0.1, -0.05) is 0 Å². The van der Waals surface area contributed by atoms with E-state index in [0.29, 0.717) is 5.69 Å². The second kappa shape index (κ2) is 4.04. The molecule has 0 spiro atoms. The molecular weight excluding hydrogens is 288 g/mol. The summed E-state index contributed by atoms with van der Waals surface area (Å²) in [6.45, 7) is 0. The van der Waals surface area contributed by atoms with Crippen LogP contribution in [0.5, 0.6) is 0 Å². The van der Waals surface area contributed by atoms with E-state index in [1.807, 2.05) is 16.0 Å². The summed E-state index contributed by atoms with van der Waals surface area (Å²) in [6, 6.07) is 0. The fourth-order valence-electron chi connectivity index (χ4n) is 2.51. The van der Waals surface area contributed by atoms with Gasteiger partial charge in [0, 0.05) is 24.2 Å². The Labute approximate surface area is 113 Å². The maximum atomic E-state index is 11.6. The summed E-state index contributed by atoms with van der Waals surface area (Å²) in [5.74, 6) is -1.40. The van der Waals surface area contributed by atoms with Crippen molar-refractivity contribution in [1.29, 1.82) is 0 Å². The molecule has 1 saturated heterocycles. The smallest absolute Gasteiger partial charge is 0.311 e. The Bertz CT molecular complexity index is 717. The highest BCUT2D eigenvalue weighted by molar-refractivity contribution is 7.91. The van der Waals surface area contributed by atoms with Crippen molar-refractivity contribution < 1.29 is 18.3 Å². The monoisotopic (exact) mass is 300 g/mol. The van der Waals surface area contributed by atoms with Crippen molar-refractivity contribution in [2.45, 2.75) is 12.8 Å². The molecule has 3 rings (SSSR count). The molecule has 1 atom stereocenters. The molecule has 2 aromatic rings. The van der Waals surface area contributed by atoms with Crippen LogP contribution in [0.25, 0.3) is 4.96 Å². The number of sulfone groups is 1. The van der Waals surface area contributed by atoms with Gasteiger partial charge in [-0.2, -0.15) is 0 Å². The Hall–Kier alpha value is -1.41. The van der Waals surface area contributed by atoms with E-state index in [4.69, 9.17) is 0 Å². The van der Waals surface area contributed by atoms with Crippen molar-refractivity contribution in [1.82, 2.24) is 9.38 Å². The van der Waals surface area contributed by atoms with Gasteiger partial charge in [0.1, 0.15) is 0 Å². The number of rotatable bonds is 3. The molecule has 0 aromatic carbocycles. The summed E-state index contributed by atoms with van der Waals surface area (Å²) in [7, 11) is -3.25. The number of thiazole rings is 1. The highest BCUT2D eigenvalue weighted by atomic mass is 32.2. The van der Waals surface area contributed by atoms with E-state index in [1.165, 1.54) is 11.3 Å². The first kappa shape index (κ1) is 12.6. The Kier molecular flexibility index (Phi) is 2.68. The standard InChI is InChI=1S/C11H12N2O4S2/c14-9(15)11(1-4-19(16,17)7-11)5-8-6-13-2-3-18-10(13)12-8/h2-3,6H,1,4-5,7H2,(H,14,15). The van der Waals surface area contributed by atoms with Gasteiger partial charge in [0.15, 0.2) is 14.8 Å². The summed E-state index contributed by atoms with van der Waals surface area (Å²) in [5, 5.41) is 11.3. The van der Waals surface area contributed by atoms with Crippen LogP contribution < -0.4 is 0 Å². The second-order valence-electron chi connectivity index (χ2n) is 4.93. The van der Waals surface area contributed by atoms with Crippen molar-refractivity contribution in [2.24, 2.45) is 5.41 Å². The van der Waals surface area contributed by atoms with E-state index >= 15 is 0 Å². The van der Waals surface area contributed by atoms with Crippen molar-refractivity contribution >= 4 is 32.1 Å². The largest absolute Gasteiger partial charge is 0.481 e. The Balaban J connectivity index is 1.94. The molecule has 1 N–H and O–H groups in total. The van der Waals surface area contributed by atoms with Gasteiger partial charge in [0.25, 0.3) is 0 Å². The molecule has 0 bridgehead atoms. The molecule has 3 heterocycles. The van der Waals surface area contributed by atoms with Crippen LogP contribution in [0.2, 0.25) is 0 Å². The van der Waals surface area contributed by atoms with Gasteiger partial charge in [0.05, 0.1) is 22.6 Å². The predicted octanol–water partition coefficient (Wildman–Crippen LogP) is 0.828. The molecule has 0 saturated carbocycles. The summed E-state index contributed by atoms with van der Waals surface area (Å²) < 4.78 is 25.0. The summed E-state index contributed by atoms with van der Waals surface area (Å²) >= 11 is 1.46. The summed E-state index contributed by atoms with van der Waals surface area (Å²) in [6.07, 6.45) is 3.93. The number of hydrogen-bond donors (Lipinski definition) is 1. The molecule has 0 radical (unpaired) electrons. The lowest BCUT2D eigenvalue weighted by atomic mass is 9.83. The number of carboxylic acids is 1. The van der Waals surface area contributed by atoms with E-state index < -0.39 is 21.2 Å². The average molecular weight is 300 g/mol. The lowest BCUT2D eigenvalue weighted by Crippen LogP contribution is -2.34. The van der Waals surface area contributed by atoms with Crippen molar-refractivity contribution in [2.75, 3.05) is 11.5 Å². The Morgan fingerprint density at radius 1 is 1.58 bits per heavy atom. The van der Waals surface area contributed by atoms with Crippen LogP contribution in [0.4, 0.5) is 0 Å². The minimum absolute atomic E-state index is 0.0540. The van der Waals surface area contributed by atoms with Gasteiger partial charge >= 0.3 is 5.97 Å². The molecule has 102 valence electrons. The molecule has 6 nitrogen and oxygen atoms in total. The maximum absolute atomic E-state index is 11.6. The van der Waals surface area contributed by atoms with Gasteiger partial charge in [-0.15, -0.1) is 11.3 Å². The van der Waals surface area contributed by atoms with Crippen LogP contribution in [0.3, 0.4) is 0 Å². The number of nitrogens with zero attached hydrogens (tertiary/aromatic N) is 2. The molecule has 1 unspecified atom stereocenters. The van der Waals surface area contributed by atoms with Gasteiger partial charge in [-0.3, -0.25) is 9.20 Å². The van der Waals surface area contributed by atoms with Gasteiger partial charge in [-0.25, -0.2) is 13.4 Å². The van der Waals surface area contributed by atoms with Crippen LogP contribution in [0, 0.1) is 5.41 Å². The zero-order chi connectivity index (χ0) is 13.7. The lowest BCUT2D eigenvalue weighted by Gasteiger charge is -2.20. The molecule has 1 aliphatic rings. The molecular formula is C11H12N2O4S2. The topological polar surface area (TPSA) is 88.7 Å². The molecule has 1 fully saturated rings. The van der Waals surface area contributed by atoms with Gasteiger partial charge < -0.3 is 5.11 Å². The average Bonchev–Trinajstić information content (AvgIpc) is 2.92. The minimum atomic E-state index is -3.25. The van der Waals surface area contributed by atoms with Gasteiger partial charge in [-0.05, 0) is 6.42 Å². The highest BCUT2D eigenvalue weighted by Gasteiger charge is 2.48. The number of fused-ring (bicyclic) bond motifs is 1. The first-order chi connectivity index (χ1) is 8.90. The van der Waals surface area contributed by atoms with Crippen molar-refractivity contribution in [3.8, 4) is 0 Å². The van der Waals surface area contributed by atoms with Crippen molar-refractivity contribution in [3.63, 3.8) is 0 Å². The Morgan fingerprint density at radius 3 is 2.95 bits per heavy atom. The van der Waals surface area contributed by atoms with E-state index in [2.05, 4.69) is 4.98 Å². The van der Waals surface area contributed by atoms with E-state index in [-0.39, 0.29) is 24.3 Å². The quantitative estimate of drug-likeness (QED) is 0.907. The van der Waals surface area contributed by atoms with E-state index in [1.54, 1.807) is 6.20 Å². The normalized spacial score (nSPS) is 25.9. The number of hydrogen-bond acceptors (Lipinski definition) is 5. The van der Waals surface area contributed by atoms with Crippen LogP contribution in [0.1, 0.15) is 12.1 Å². The third kappa shape index (κ3) is 2.14. The van der Waals surface area contributed by atoms with Crippen LogP contribution >= 0.6 is 11.3 Å². The number of imidazole rings is 1. The molecule has 19 heavy (non-hydrogen) atoms. The van der Waals surface area contributed by atoms with E-state index in [0.717, 1.165) is 4.96 Å². The third-order valence-corrected chi connectivity index (χ3v) is 6.09. The molecule has 2 aromatic heterocycles. The first-order valence-electron chi connectivity index (χ1n) is 5.75. The fourth-order valence-corrected chi connectivity index (χ4v) is 5.28.